The molecule has 138 valence electrons. The van der Waals surface area contributed by atoms with E-state index in [1.807, 2.05) is 30.3 Å². The topological polar surface area (TPSA) is 64.4 Å². The monoisotopic (exact) mass is 402 g/mol. The van der Waals surface area contributed by atoms with Crippen molar-refractivity contribution in [3.8, 4) is 5.75 Å². The van der Waals surface area contributed by atoms with Crippen LogP contribution in [0.4, 0.5) is 11.4 Å². The lowest BCUT2D eigenvalue weighted by atomic mass is 10.2. The van der Waals surface area contributed by atoms with E-state index in [2.05, 4.69) is 5.32 Å². The van der Waals surface area contributed by atoms with Crippen LogP contribution in [0.15, 0.2) is 66.7 Å². The highest BCUT2D eigenvalue weighted by atomic mass is 35.5. The Kier molecular flexibility index (Phi) is 6.16. The lowest BCUT2D eigenvalue weighted by Gasteiger charge is -2.10. The third-order valence-corrected chi connectivity index (χ3v) is 4.44. The molecule has 7 heteroatoms. The van der Waals surface area contributed by atoms with Crippen LogP contribution < -0.4 is 10.1 Å². The normalized spacial score (nSPS) is 10.4. The molecule has 0 bridgehead atoms. The van der Waals surface area contributed by atoms with Crippen LogP contribution in [-0.2, 0) is 13.2 Å². The summed E-state index contributed by atoms with van der Waals surface area (Å²) in [6.07, 6.45) is 0. The molecule has 27 heavy (non-hydrogen) atoms. The quantitative estimate of drug-likeness (QED) is 0.383. The molecule has 1 N–H and O–H groups in total. The van der Waals surface area contributed by atoms with Crippen LogP contribution in [-0.4, -0.2) is 4.92 Å². The van der Waals surface area contributed by atoms with Crippen molar-refractivity contribution in [2.24, 2.45) is 0 Å². The van der Waals surface area contributed by atoms with Crippen molar-refractivity contribution in [1.82, 2.24) is 0 Å². The summed E-state index contributed by atoms with van der Waals surface area (Å²) in [7, 11) is 0. The van der Waals surface area contributed by atoms with Gasteiger partial charge in [-0.15, -0.1) is 0 Å². The van der Waals surface area contributed by atoms with E-state index < -0.39 is 4.92 Å². The van der Waals surface area contributed by atoms with Crippen molar-refractivity contribution >= 4 is 34.6 Å². The maximum Gasteiger partial charge on any atom is 0.269 e. The van der Waals surface area contributed by atoms with E-state index in [0.29, 0.717) is 23.2 Å². The fourth-order valence-corrected chi connectivity index (χ4v) is 2.89. The Hall–Kier alpha value is -2.76. The molecule has 0 radical (unpaired) electrons. The molecule has 0 amide bonds. The molecule has 0 aliphatic heterocycles. The van der Waals surface area contributed by atoms with E-state index in [-0.39, 0.29) is 5.69 Å². The lowest BCUT2D eigenvalue weighted by Crippen LogP contribution is -2.00. The standard InChI is InChI=1S/C20H16Cl2N2O3/c21-16-5-10-20(19(22)11-16)23-12-14-3-8-18(9-4-14)27-13-15-1-6-17(7-2-15)24(25)26/h1-11,23H,12-13H2. The second kappa shape index (κ2) is 8.75. The maximum absolute atomic E-state index is 10.7. The third-order valence-electron chi connectivity index (χ3n) is 3.89. The Morgan fingerprint density at radius 3 is 2.22 bits per heavy atom. The van der Waals surface area contributed by atoms with Crippen molar-refractivity contribution < 1.29 is 9.66 Å². The third kappa shape index (κ3) is 5.36. The van der Waals surface area contributed by atoms with Crippen LogP contribution in [0.25, 0.3) is 0 Å². The minimum Gasteiger partial charge on any atom is -0.489 e. The Labute approximate surface area is 166 Å². The first-order valence-corrected chi connectivity index (χ1v) is 8.91. The average Bonchev–Trinajstić information content (AvgIpc) is 2.67. The van der Waals surface area contributed by atoms with Crippen molar-refractivity contribution in [2.75, 3.05) is 5.32 Å². The minimum atomic E-state index is -0.422. The summed E-state index contributed by atoms with van der Waals surface area (Å²) in [5, 5.41) is 15.1. The molecule has 0 heterocycles. The van der Waals surface area contributed by atoms with E-state index >= 15 is 0 Å². The van der Waals surface area contributed by atoms with Crippen LogP contribution in [0.2, 0.25) is 10.0 Å². The van der Waals surface area contributed by atoms with Gasteiger partial charge in [0.1, 0.15) is 12.4 Å². The summed E-state index contributed by atoms with van der Waals surface area (Å²) >= 11 is 12.0. The predicted octanol–water partition coefficient (Wildman–Crippen LogP) is 6.09. The molecular formula is C20H16Cl2N2O3. The first-order chi connectivity index (χ1) is 13.0. The van der Waals surface area contributed by atoms with Gasteiger partial charge in [0, 0.05) is 23.7 Å². The summed E-state index contributed by atoms with van der Waals surface area (Å²) in [6, 6.07) is 19.3. The molecule has 0 aromatic heterocycles. The van der Waals surface area contributed by atoms with Crippen LogP contribution in [0.5, 0.6) is 5.75 Å². The second-order valence-corrected chi connectivity index (χ2v) is 6.68. The molecule has 5 nitrogen and oxygen atoms in total. The van der Waals surface area contributed by atoms with Crippen molar-refractivity contribution in [1.29, 1.82) is 0 Å². The number of nitro benzene ring substituents is 1. The van der Waals surface area contributed by atoms with Gasteiger partial charge in [-0.1, -0.05) is 35.3 Å². The van der Waals surface area contributed by atoms with E-state index in [4.69, 9.17) is 27.9 Å². The fourth-order valence-electron chi connectivity index (χ4n) is 2.41. The van der Waals surface area contributed by atoms with Crippen LogP contribution in [0, 0.1) is 10.1 Å². The zero-order valence-corrected chi connectivity index (χ0v) is 15.7. The number of benzene rings is 3. The molecule has 3 aromatic rings. The van der Waals surface area contributed by atoms with Gasteiger partial charge >= 0.3 is 0 Å². The van der Waals surface area contributed by atoms with E-state index in [1.165, 1.54) is 12.1 Å². The number of non-ortho nitro benzene ring substituents is 1. The van der Waals surface area contributed by atoms with Crippen molar-refractivity contribution in [3.63, 3.8) is 0 Å². The van der Waals surface area contributed by atoms with Gasteiger partial charge in [0.25, 0.3) is 5.69 Å². The van der Waals surface area contributed by atoms with Gasteiger partial charge in [0.2, 0.25) is 0 Å². The van der Waals surface area contributed by atoms with Gasteiger partial charge in [0.15, 0.2) is 0 Å². The first-order valence-electron chi connectivity index (χ1n) is 8.15. The van der Waals surface area contributed by atoms with Crippen LogP contribution in [0.3, 0.4) is 0 Å². The molecule has 0 spiro atoms. The van der Waals surface area contributed by atoms with Gasteiger partial charge in [0.05, 0.1) is 15.6 Å². The zero-order chi connectivity index (χ0) is 19.2. The molecule has 0 aliphatic rings. The highest BCUT2D eigenvalue weighted by molar-refractivity contribution is 6.36. The number of nitrogens with one attached hydrogen (secondary N) is 1. The molecule has 0 saturated heterocycles. The first kappa shape index (κ1) is 19.0. The van der Waals surface area contributed by atoms with Gasteiger partial charge in [-0.05, 0) is 53.6 Å². The number of nitrogens with zero attached hydrogens (tertiary/aromatic N) is 1. The summed E-state index contributed by atoms with van der Waals surface area (Å²) in [6.45, 7) is 0.958. The summed E-state index contributed by atoms with van der Waals surface area (Å²) in [5.74, 6) is 0.724. The number of ether oxygens (including phenoxy) is 1. The Bertz CT molecular complexity index is 929. The largest absolute Gasteiger partial charge is 0.489 e. The lowest BCUT2D eigenvalue weighted by molar-refractivity contribution is -0.384. The number of nitro groups is 1. The Balaban J connectivity index is 1.53. The smallest absolute Gasteiger partial charge is 0.269 e. The number of halogens is 2. The molecule has 0 atom stereocenters. The predicted molar refractivity (Wildman–Crippen MR) is 108 cm³/mol. The van der Waals surface area contributed by atoms with Crippen molar-refractivity contribution in [3.05, 3.63) is 98.0 Å². The molecule has 0 fully saturated rings. The molecule has 0 saturated carbocycles. The second-order valence-electron chi connectivity index (χ2n) is 5.83. The SMILES string of the molecule is O=[N+]([O-])c1ccc(COc2ccc(CNc3ccc(Cl)cc3Cl)cc2)cc1. The molecule has 0 unspecified atom stereocenters. The summed E-state index contributed by atoms with van der Waals surface area (Å²) < 4.78 is 5.72. The van der Waals surface area contributed by atoms with E-state index in [0.717, 1.165) is 22.6 Å². The van der Waals surface area contributed by atoms with Gasteiger partial charge in [-0.25, -0.2) is 0 Å². The molecular weight excluding hydrogens is 387 g/mol. The average molecular weight is 403 g/mol. The van der Waals surface area contributed by atoms with Crippen LogP contribution in [0.1, 0.15) is 11.1 Å². The van der Waals surface area contributed by atoms with Crippen LogP contribution >= 0.6 is 23.2 Å². The molecule has 3 aromatic carbocycles. The van der Waals surface area contributed by atoms with E-state index in [1.54, 1.807) is 24.3 Å². The highest BCUT2D eigenvalue weighted by Gasteiger charge is 2.05. The zero-order valence-electron chi connectivity index (χ0n) is 14.2. The maximum atomic E-state index is 10.7. The van der Waals surface area contributed by atoms with E-state index in [9.17, 15) is 10.1 Å². The number of rotatable bonds is 7. The summed E-state index contributed by atoms with van der Waals surface area (Å²) in [4.78, 5) is 10.2. The summed E-state index contributed by atoms with van der Waals surface area (Å²) in [5.41, 5.74) is 2.82. The highest BCUT2D eigenvalue weighted by Crippen LogP contribution is 2.26. The number of hydrogen-bond donors (Lipinski definition) is 1. The van der Waals surface area contributed by atoms with Gasteiger partial charge < -0.3 is 10.1 Å². The van der Waals surface area contributed by atoms with Gasteiger partial charge in [-0.3, -0.25) is 10.1 Å². The Morgan fingerprint density at radius 2 is 1.59 bits per heavy atom. The van der Waals surface area contributed by atoms with Crippen molar-refractivity contribution in [2.45, 2.75) is 13.2 Å². The number of anilines is 1. The molecule has 0 aliphatic carbocycles. The van der Waals surface area contributed by atoms with Gasteiger partial charge in [-0.2, -0.15) is 0 Å². The minimum absolute atomic E-state index is 0.0661. The molecule has 3 rings (SSSR count). The Morgan fingerprint density at radius 1 is 0.926 bits per heavy atom. The number of hydrogen-bond acceptors (Lipinski definition) is 4. The fraction of sp³-hybridized carbons (Fsp3) is 0.100.